The van der Waals surface area contributed by atoms with Gasteiger partial charge in [-0.1, -0.05) is 0 Å². The molecule has 2 fully saturated rings. The van der Waals surface area contributed by atoms with Crippen molar-refractivity contribution in [3.8, 4) is 0 Å². The first-order chi connectivity index (χ1) is 9.22. The van der Waals surface area contributed by atoms with Crippen LogP contribution in [0.3, 0.4) is 0 Å². The standard InChI is InChI=1S/C15H19NO3/c17-14(18)15(6-3-11-4-8-16-9-5-11)7-10-19-13(15)12-1-2-12/h4-5,8-9,12-13H,1-3,6-7,10H2,(H,17,18). The molecule has 0 amide bonds. The van der Waals surface area contributed by atoms with Crippen LogP contribution in [0, 0.1) is 11.3 Å². The number of carbonyl (C=O) groups is 1. The molecule has 1 saturated heterocycles. The molecule has 2 aliphatic rings. The maximum Gasteiger partial charge on any atom is 0.312 e. The van der Waals surface area contributed by atoms with Crippen molar-refractivity contribution in [1.82, 2.24) is 4.98 Å². The Morgan fingerprint density at radius 3 is 2.79 bits per heavy atom. The third kappa shape index (κ3) is 2.37. The van der Waals surface area contributed by atoms with Crippen LogP contribution in [-0.4, -0.2) is 28.8 Å². The van der Waals surface area contributed by atoms with Gasteiger partial charge in [0.25, 0.3) is 0 Å². The highest BCUT2D eigenvalue weighted by atomic mass is 16.5. The van der Waals surface area contributed by atoms with E-state index in [9.17, 15) is 9.90 Å². The monoisotopic (exact) mass is 261 g/mol. The summed E-state index contributed by atoms with van der Waals surface area (Å²) in [5, 5.41) is 9.70. The molecule has 19 heavy (non-hydrogen) atoms. The number of hydrogen-bond acceptors (Lipinski definition) is 3. The maximum atomic E-state index is 11.8. The van der Waals surface area contributed by atoms with Gasteiger partial charge in [0, 0.05) is 19.0 Å². The van der Waals surface area contributed by atoms with E-state index in [4.69, 9.17) is 4.74 Å². The van der Waals surface area contributed by atoms with Crippen molar-refractivity contribution < 1.29 is 14.6 Å². The first-order valence-corrected chi connectivity index (χ1v) is 6.96. The molecule has 0 bridgehead atoms. The van der Waals surface area contributed by atoms with E-state index in [1.807, 2.05) is 12.1 Å². The molecule has 0 aromatic carbocycles. The summed E-state index contributed by atoms with van der Waals surface area (Å²) in [6.45, 7) is 0.587. The Labute approximate surface area is 112 Å². The van der Waals surface area contributed by atoms with E-state index >= 15 is 0 Å². The minimum Gasteiger partial charge on any atom is -0.481 e. The summed E-state index contributed by atoms with van der Waals surface area (Å²) in [7, 11) is 0. The topological polar surface area (TPSA) is 59.4 Å². The van der Waals surface area contributed by atoms with Gasteiger partial charge in [0.15, 0.2) is 0 Å². The summed E-state index contributed by atoms with van der Waals surface area (Å²) in [4.78, 5) is 15.8. The predicted octanol–water partition coefficient (Wildman–Crippen LogP) is 2.28. The molecule has 2 atom stereocenters. The zero-order valence-electron chi connectivity index (χ0n) is 10.9. The second-order valence-corrected chi connectivity index (χ2v) is 5.70. The number of aliphatic carboxylic acids is 1. The molecule has 0 radical (unpaired) electrons. The van der Waals surface area contributed by atoms with Gasteiger partial charge in [0.05, 0.1) is 11.5 Å². The Kier molecular flexibility index (Phi) is 3.27. The van der Waals surface area contributed by atoms with Gasteiger partial charge in [-0.05, 0) is 55.7 Å². The average molecular weight is 261 g/mol. The molecule has 2 heterocycles. The SMILES string of the molecule is O=C(O)C1(CCc2ccncc2)CCOC1C1CC1. The summed E-state index contributed by atoms with van der Waals surface area (Å²) >= 11 is 0. The van der Waals surface area contributed by atoms with Crippen LogP contribution in [0.15, 0.2) is 24.5 Å². The largest absolute Gasteiger partial charge is 0.481 e. The van der Waals surface area contributed by atoms with E-state index in [-0.39, 0.29) is 6.10 Å². The second-order valence-electron chi connectivity index (χ2n) is 5.70. The van der Waals surface area contributed by atoms with Crippen molar-refractivity contribution in [3.05, 3.63) is 30.1 Å². The molecule has 1 aromatic rings. The first kappa shape index (κ1) is 12.6. The van der Waals surface area contributed by atoms with E-state index in [1.165, 1.54) is 0 Å². The average Bonchev–Trinajstić information content (AvgIpc) is 3.17. The van der Waals surface area contributed by atoms with Crippen LogP contribution >= 0.6 is 0 Å². The Morgan fingerprint density at radius 1 is 1.42 bits per heavy atom. The van der Waals surface area contributed by atoms with E-state index in [0.29, 0.717) is 25.4 Å². The summed E-state index contributed by atoms with van der Waals surface area (Å²) in [6.07, 6.45) is 7.76. The fourth-order valence-corrected chi connectivity index (χ4v) is 3.18. The Hall–Kier alpha value is -1.42. The smallest absolute Gasteiger partial charge is 0.312 e. The van der Waals surface area contributed by atoms with Gasteiger partial charge >= 0.3 is 5.97 Å². The lowest BCUT2D eigenvalue weighted by Crippen LogP contribution is -2.40. The zero-order valence-corrected chi connectivity index (χ0v) is 10.9. The van der Waals surface area contributed by atoms with Crippen LogP contribution in [0.1, 0.15) is 31.2 Å². The molecule has 1 aromatic heterocycles. The van der Waals surface area contributed by atoms with Crippen LogP contribution in [0.2, 0.25) is 0 Å². The normalized spacial score (nSPS) is 30.4. The molecular formula is C15H19NO3. The van der Waals surface area contributed by atoms with Crippen LogP contribution in [0.5, 0.6) is 0 Å². The van der Waals surface area contributed by atoms with E-state index in [1.54, 1.807) is 12.4 Å². The number of carboxylic acid groups (broad SMARTS) is 1. The van der Waals surface area contributed by atoms with E-state index < -0.39 is 11.4 Å². The Morgan fingerprint density at radius 2 is 2.16 bits per heavy atom. The number of aryl methyl sites for hydroxylation is 1. The predicted molar refractivity (Wildman–Crippen MR) is 69.7 cm³/mol. The third-order valence-corrected chi connectivity index (χ3v) is 4.48. The molecule has 3 rings (SSSR count). The molecule has 2 unspecified atom stereocenters. The molecule has 0 spiro atoms. The van der Waals surface area contributed by atoms with Gasteiger partial charge in [-0.3, -0.25) is 9.78 Å². The number of hydrogen-bond donors (Lipinski definition) is 1. The van der Waals surface area contributed by atoms with Crippen molar-refractivity contribution in [3.63, 3.8) is 0 Å². The Bertz CT molecular complexity index is 458. The van der Waals surface area contributed by atoms with Crippen LogP contribution in [0.4, 0.5) is 0 Å². The lowest BCUT2D eigenvalue weighted by atomic mass is 9.74. The molecule has 4 nitrogen and oxygen atoms in total. The lowest BCUT2D eigenvalue weighted by molar-refractivity contribution is -0.153. The highest BCUT2D eigenvalue weighted by Crippen LogP contribution is 2.50. The van der Waals surface area contributed by atoms with Crippen molar-refractivity contribution in [2.45, 2.75) is 38.2 Å². The molecule has 1 aliphatic heterocycles. The van der Waals surface area contributed by atoms with Crippen LogP contribution in [-0.2, 0) is 16.0 Å². The minimum atomic E-state index is -0.684. The van der Waals surface area contributed by atoms with Gasteiger partial charge in [0.2, 0.25) is 0 Å². The number of nitrogens with zero attached hydrogens (tertiary/aromatic N) is 1. The highest BCUT2D eigenvalue weighted by molar-refractivity contribution is 5.76. The number of ether oxygens (including phenoxy) is 1. The highest BCUT2D eigenvalue weighted by Gasteiger charge is 2.55. The summed E-state index contributed by atoms with van der Waals surface area (Å²) in [5.74, 6) is -0.216. The van der Waals surface area contributed by atoms with Gasteiger partial charge < -0.3 is 9.84 Å². The van der Waals surface area contributed by atoms with E-state index in [2.05, 4.69) is 4.98 Å². The van der Waals surface area contributed by atoms with Crippen LogP contribution in [0.25, 0.3) is 0 Å². The summed E-state index contributed by atoms with van der Waals surface area (Å²) in [5.41, 5.74) is 0.474. The fraction of sp³-hybridized carbons (Fsp3) is 0.600. The van der Waals surface area contributed by atoms with Crippen molar-refractivity contribution in [2.24, 2.45) is 11.3 Å². The number of rotatable bonds is 5. The number of carboxylic acids is 1. The maximum absolute atomic E-state index is 11.8. The second kappa shape index (κ2) is 4.93. The lowest BCUT2D eigenvalue weighted by Gasteiger charge is -2.30. The first-order valence-electron chi connectivity index (χ1n) is 6.96. The van der Waals surface area contributed by atoms with Gasteiger partial charge in [-0.15, -0.1) is 0 Å². The van der Waals surface area contributed by atoms with Gasteiger partial charge in [-0.2, -0.15) is 0 Å². The fourth-order valence-electron chi connectivity index (χ4n) is 3.18. The molecule has 1 aliphatic carbocycles. The molecule has 1 saturated carbocycles. The molecule has 102 valence electrons. The summed E-state index contributed by atoms with van der Waals surface area (Å²) < 4.78 is 5.75. The van der Waals surface area contributed by atoms with Crippen LogP contribution < -0.4 is 0 Å². The molecule has 1 N–H and O–H groups in total. The van der Waals surface area contributed by atoms with E-state index in [0.717, 1.165) is 24.8 Å². The molecular weight excluding hydrogens is 242 g/mol. The van der Waals surface area contributed by atoms with Crippen molar-refractivity contribution in [1.29, 1.82) is 0 Å². The van der Waals surface area contributed by atoms with Gasteiger partial charge in [0.1, 0.15) is 0 Å². The number of pyridine rings is 1. The van der Waals surface area contributed by atoms with Crippen molar-refractivity contribution >= 4 is 5.97 Å². The quantitative estimate of drug-likeness (QED) is 0.883. The third-order valence-electron chi connectivity index (χ3n) is 4.48. The van der Waals surface area contributed by atoms with Gasteiger partial charge in [-0.25, -0.2) is 0 Å². The molecule has 4 heteroatoms. The minimum absolute atomic E-state index is 0.0770. The Balaban J connectivity index is 1.75. The zero-order chi connectivity index (χ0) is 13.3. The summed E-state index contributed by atoms with van der Waals surface area (Å²) in [6, 6.07) is 3.91. The number of aromatic nitrogens is 1. The van der Waals surface area contributed by atoms with Crippen molar-refractivity contribution in [2.75, 3.05) is 6.61 Å².